The van der Waals surface area contributed by atoms with Gasteiger partial charge in [0.15, 0.2) is 0 Å². The molecule has 0 spiro atoms. The molecule has 44 valence electrons. The summed E-state index contributed by atoms with van der Waals surface area (Å²) in [6.45, 7) is 0.130. The van der Waals surface area contributed by atoms with Gasteiger partial charge in [0, 0.05) is 6.29 Å². The van der Waals surface area contributed by atoms with Gasteiger partial charge in [-0.25, -0.2) is 4.31 Å². The predicted octanol–water partition coefficient (Wildman–Crippen LogP) is 0.349. The molecule has 0 aliphatic heterocycles. The van der Waals surface area contributed by atoms with E-state index in [1.165, 1.54) is 11.9 Å². The fraction of sp³-hybridized carbons (Fsp3) is 1.00. The maximum absolute atomic E-state index is 8.42. The number of rotatable bonds is 3. The lowest BCUT2D eigenvalue weighted by Gasteiger charge is -2.10. The molecule has 0 fully saturated rings. The monoisotopic (exact) mass is 139 g/mol. The fourth-order valence-electron chi connectivity index (χ4n) is 0.190. The molecule has 0 heterocycles. The van der Waals surface area contributed by atoms with Crippen LogP contribution in [0.3, 0.4) is 0 Å². The molecule has 0 rings (SSSR count). The van der Waals surface area contributed by atoms with Gasteiger partial charge < -0.3 is 5.11 Å². The normalized spacial score (nSPS) is 10.3. The summed E-state index contributed by atoms with van der Waals surface area (Å²) in [5.74, 6) is 0. The Morgan fingerprint density at radius 2 is 2.43 bits per heavy atom. The largest absolute Gasteiger partial charge is 0.380 e. The van der Waals surface area contributed by atoms with E-state index in [1.54, 1.807) is 0 Å². The molecule has 0 aliphatic rings. The molecule has 0 aromatic rings. The number of aliphatic hydroxyl groups excluding tert-OH is 1. The second-order valence-corrected chi connectivity index (χ2v) is 2.24. The maximum Gasteiger partial charge on any atom is 0.105 e. The summed E-state index contributed by atoms with van der Waals surface area (Å²) in [6.07, 6.45) is 2.75. The highest BCUT2D eigenvalue weighted by molar-refractivity contribution is 7.96. The first kappa shape index (κ1) is 7.70. The van der Waals surface area contributed by atoms with E-state index in [4.69, 9.17) is 5.11 Å². The van der Waals surface area contributed by atoms with Crippen LogP contribution in [0.5, 0.6) is 0 Å². The van der Waals surface area contributed by atoms with Crippen LogP contribution in [-0.2, 0) is 0 Å². The van der Waals surface area contributed by atoms with Crippen molar-refractivity contribution in [2.45, 2.75) is 0 Å². The highest BCUT2D eigenvalue weighted by atomic mass is 32.2. The van der Waals surface area contributed by atoms with Gasteiger partial charge in [-0.1, -0.05) is 11.9 Å². The van der Waals surface area contributed by atoms with Crippen molar-refractivity contribution in [1.29, 1.82) is 0 Å². The average molecular weight is 139 g/mol. The van der Waals surface area contributed by atoms with Gasteiger partial charge in [-0.05, 0) is 6.26 Å². The van der Waals surface area contributed by atoms with Gasteiger partial charge in [-0.2, -0.15) is 0 Å². The molecule has 4 heteroatoms. The Morgan fingerprint density at radius 1 is 1.86 bits per heavy atom. The predicted molar refractivity (Wildman–Crippen MR) is 37.0 cm³/mol. The Morgan fingerprint density at radius 3 is 2.43 bits per heavy atom. The molecule has 7 heavy (non-hydrogen) atoms. The van der Waals surface area contributed by atoms with Gasteiger partial charge in [0.25, 0.3) is 0 Å². The molecule has 0 bridgehead atoms. The highest BCUT2D eigenvalue weighted by Gasteiger charge is 1.91. The van der Waals surface area contributed by atoms with Crippen molar-refractivity contribution in [3.05, 3.63) is 0 Å². The van der Waals surface area contributed by atoms with Crippen molar-refractivity contribution in [3.8, 4) is 0 Å². The van der Waals surface area contributed by atoms with Crippen molar-refractivity contribution in [2.24, 2.45) is 0 Å². The van der Waals surface area contributed by atoms with Crippen molar-refractivity contribution in [3.63, 3.8) is 0 Å². The van der Waals surface area contributed by atoms with Gasteiger partial charge >= 0.3 is 0 Å². The zero-order valence-electron chi connectivity index (χ0n) is 4.29. The highest BCUT2D eigenvalue weighted by Crippen LogP contribution is 2.03. The molecule has 1 unspecified atom stereocenters. The van der Waals surface area contributed by atoms with Crippen LogP contribution < -0.4 is 0 Å². The summed E-state index contributed by atoms with van der Waals surface area (Å²) in [5.41, 5.74) is 0. The summed E-state index contributed by atoms with van der Waals surface area (Å²) in [5, 5.41) is 8.42. The van der Waals surface area contributed by atoms with E-state index in [9.17, 15) is 0 Å². The van der Waals surface area contributed by atoms with Crippen molar-refractivity contribution in [1.82, 2.24) is 4.31 Å². The van der Waals surface area contributed by atoms with Gasteiger partial charge in [-0.3, -0.25) is 0 Å². The van der Waals surface area contributed by atoms with E-state index in [1.807, 2.05) is 10.6 Å². The Labute approximate surface area is 50.6 Å². The fourth-order valence-corrected chi connectivity index (χ4v) is 1.02. The van der Waals surface area contributed by atoms with E-state index in [0.717, 1.165) is 6.29 Å². The van der Waals surface area contributed by atoms with Crippen LogP contribution in [-0.4, -0.2) is 28.7 Å². The van der Waals surface area contributed by atoms with Crippen LogP contribution in [0, 0.1) is 0 Å². The summed E-state index contributed by atoms with van der Waals surface area (Å²) in [4.78, 5) is 0. The summed E-state index contributed by atoms with van der Waals surface area (Å²) >= 11 is 1.53. The van der Waals surface area contributed by atoms with E-state index in [0.29, 0.717) is 0 Å². The SMILES string of the molecule is CSN(CO)CP. The Balaban J connectivity index is 2.99. The third-order valence-electron chi connectivity index (χ3n) is 0.620. The summed E-state index contributed by atoms with van der Waals surface area (Å²) in [6, 6.07) is 0. The zero-order valence-corrected chi connectivity index (χ0v) is 6.27. The number of nitrogens with zero attached hydrogens (tertiary/aromatic N) is 1. The first-order chi connectivity index (χ1) is 3.35. The van der Waals surface area contributed by atoms with E-state index in [-0.39, 0.29) is 6.73 Å². The molecule has 2 nitrogen and oxygen atoms in total. The molecule has 0 saturated carbocycles. The second kappa shape index (κ2) is 4.85. The molecule has 0 aromatic carbocycles. The molecular formula is C3H10NOPS. The number of aliphatic hydroxyl groups is 1. The van der Waals surface area contributed by atoms with Crippen molar-refractivity contribution >= 4 is 21.2 Å². The van der Waals surface area contributed by atoms with Crippen LogP contribution in [0.4, 0.5) is 0 Å². The lowest BCUT2D eigenvalue weighted by Crippen LogP contribution is -2.12. The second-order valence-electron chi connectivity index (χ2n) is 0.988. The Bertz CT molecular complexity index is 36.4. The minimum Gasteiger partial charge on any atom is -0.380 e. The average Bonchev–Trinajstić information content (AvgIpc) is 1.72. The number of hydrogen-bond donors (Lipinski definition) is 1. The lowest BCUT2D eigenvalue weighted by molar-refractivity contribution is 0.206. The topological polar surface area (TPSA) is 23.5 Å². The summed E-state index contributed by atoms with van der Waals surface area (Å²) in [7, 11) is 2.53. The van der Waals surface area contributed by atoms with Gasteiger partial charge in [0.2, 0.25) is 0 Å². The van der Waals surface area contributed by atoms with E-state index < -0.39 is 0 Å². The third-order valence-corrected chi connectivity index (χ3v) is 2.11. The first-order valence-electron chi connectivity index (χ1n) is 1.95. The van der Waals surface area contributed by atoms with Crippen molar-refractivity contribution in [2.75, 3.05) is 19.3 Å². The molecule has 0 saturated heterocycles. The van der Waals surface area contributed by atoms with Crippen LogP contribution in [0.15, 0.2) is 0 Å². The zero-order chi connectivity index (χ0) is 5.70. The Hall–Kier alpha value is 0.700. The molecule has 1 atom stereocenters. The van der Waals surface area contributed by atoms with E-state index >= 15 is 0 Å². The van der Waals surface area contributed by atoms with Crippen LogP contribution in [0.25, 0.3) is 0 Å². The van der Waals surface area contributed by atoms with Crippen LogP contribution in [0.1, 0.15) is 0 Å². The maximum atomic E-state index is 8.42. The lowest BCUT2D eigenvalue weighted by atomic mass is 11.2. The van der Waals surface area contributed by atoms with Gasteiger partial charge in [0.1, 0.15) is 6.73 Å². The minimum atomic E-state index is 0.130. The standard InChI is InChI=1S/C3H10NOPS/c1-7-4(2-5)3-6/h5H,2-3,6H2,1H3. The van der Waals surface area contributed by atoms with Gasteiger partial charge in [0.05, 0.1) is 0 Å². The smallest absolute Gasteiger partial charge is 0.105 e. The molecule has 0 amide bonds. The quantitative estimate of drug-likeness (QED) is 0.346. The minimum absolute atomic E-state index is 0.130. The van der Waals surface area contributed by atoms with Crippen LogP contribution in [0.2, 0.25) is 0 Å². The molecule has 0 radical (unpaired) electrons. The molecule has 0 aliphatic carbocycles. The molecule has 0 aromatic heterocycles. The van der Waals surface area contributed by atoms with E-state index in [2.05, 4.69) is 9.24 Å². The van der Waals surface area contributed by atoms with Gasteiger partial charge in [-0.15, -0.1) is 9.24 Å². The summed E-state index contributed by atoms with van der Waals surface area (Å²) < 4.78 is 1.81. The number of hydrogen-bond acceptors (Lipinski definition) is 3. The van der Waals surface area contributed by atoms with Crippen LogP contribution >= 0.6 is 21.2 Å². The molecule has 1 N–H and O–H groups in total. The van der Waals surface area contributed by atoms with Crippen molar-refractivity contribution < 1.29 is 5.11 Å². The Kier molecular flexibility index (Phi) is 5.33. The first-order valence-corrected chi connectivity index (χ1v) is 3.95. The molecular weight excluding hydrogens is 129 g/mol. The third kappa shape index (κ3) is 3.30.